The van der Waals surface area contributed by atoms with Gasteiger partial charge in [0.2, 0.25) is 0 Å². The van der Waals surface area contributed by atoms with Crippen LogP contribution in [0.25, 0.3) is 0 Å². The fourth-order valence-corrected chi connectivity index (χ4v) is 3.66. The van der Waals surface area contributed by atoms with Crippen LogP contribution in [0.1, 0.15) is 36.5 Å². The maximum Gasteiger partial charge on any atom is 0.191 e. The van der Waals surface area contributed by atoms with Crippen molar-refractivity contribution in [1.82, 2.24) is 10.6 Å². The number of hydrogen-bond donors (Lipinski definition) is 3. The smallest absolute Gasteiger partial charge is 0.191 e. The monoisotopic (exact) mass is 414 g/mol. The van der Waals surface area contributed by atoms with Crippen LogP contribution in [0, 0.1) is 13.8 Å². The highest BCUT2D eigenvalue weighted by Gasteiger charge is 2.27. The molecule has 2 heterocycles. The van der Waals surface area contributed by atoms with Crippen LogP contribution < -0.4 is 15.5 Å². The standard InChI is InChI=1S/C23H34N4O3/c1-5-24-22(26-16-23(4,28)21-14-17(2)30-18(21)3)25-15-19-6-8-20(9-7-19)27-10-12-29-13-11-27/h6-9,14,28H,5,10-13,15-16H2,1-4H3,(H2,24,25,26). The van der Waals surface area contributed by atoms with Gasteiger partial charge in [-0.3, -0.25) is 0 Å². The Hall–Kier alpha value is -2.51. The summed E-state index contributed by atoms with van der Waals surface area (Å²) in [5, 5.41) is 17.4. The van der Waals surface area contributed by atoms with Crippen molar-refractivity contribution in [3.05, 3.63) is 53.0 Å². The summed E-state index contributed by atoms with van der Waals surface area (Å²) in [5.74, 6) is 2.21. The van der Waals surface area contributed by atoms with Crippen molar-refractivity contribution >= 4 is 11.6 Å². The van der Waals surface area contributed by atoms with E-state index in [9.17, 15) is 5.11 Å². The Labute approximate surface area is 179 Å². The molecule has 1 fully saturated rings. The average Bonchev–Trinajstić information content (AvgIpc) is 3.10. The third-order valence-electron chi connectivity index (χ3n) is 5.30. The molecule has 2 aromatic rings. The van der Waals surface area contributed by atoms with Gasteiger partial charge in [-0.05, 0) is 51.5 Å². The predicted molar refractivity (Wildman–Crippen MR) is 120 cm³/mol. The average molecular weight is 415 g/mol. The van der Waals surface area contributed by atoms with Crippen molar-refractivity contribution in [2.24, 2.45) is 4.99 Å². The van der Waals surface area contributed by atoms with Gasteiger partial charge in [-0.15, -0.1) is 0 Å². The van der Waals surface area contributed by atoms with Crippen LogP contribution >= 0.6 is 0 Å². The zero-order valence-corrected chi connectivity index (χ0v) is 18.5. The van der Waals surface area contributed by atoms with Gasteiger partial charge in [-0.25, -0.2) is 4.99 Å². The summed E-state index contributed by atoms with van der Waals surface area (Å²) >= 11 is 0. The maximum atomic E-state index is 10.9. The topological polar surface area (TPSA) is 82.3 Å². The molecule has 0 spiro atoms. The Balaban J connectivity index is 1.60. The second kappa shape index (κ2) is 10.00. The van der Waals surface area contributed by atoms with Crippen molar-refractivity contribution < 1.29 is 14.3 Å². The maximum absolute atomic E-state index is 10.9. The quantitative estimate of drug-likeness (QED) is 0.477. The molecule has 0 amide bonds. The van der Waals surface area contributed by atoms with Gasteiger partial charge in [0, 0.05) is 30.9 Å². The van der Waals surface area contributed by atoms with E-state index < -0.39 is 5.60 Å². The van der Waals surface area contributed by atoms with E-state index >= 15 is 0 Å². The van der Waals surface area contributed by atoms with Gasteiger partial charge in [-0.2, -0.15) is 0 Å². The molecule has 3 N–H and O–H groups in total. The second-order valence-corrected chi connectivity index (χ2v) is 7.92. The number of aliphatic hydroxyl groups is 1. The molecule has 1 atom stereocenters. The van der Waals surface area contributed by atoms with Crippen molar-refractivity contribution in [3.8, 4) is 0 Å². The molecule has 1 unspecified atom stereocenters. The highest BCUT2D eigenvalue weighted by Crippen LogP contribution is 2.26. The number of rotatable bonds is 7. The Bertz CT molecular complexity index is 837. The molecule has 0 saturated carbocycles. The summed E-state index contributed by atoms with van der Waals surface area (Å²) in [5.41, 5.74) is 2.09. The van der Waals surface area contributed by atoms with Crippen LogP contribution in [0.15, 0.2) is 39.7 Å². The Morgan fingerprint density at radius 3 is 2.47 bits per heavy atom. The number of benzene rings is 1. The second-order valence-electron chi connectivity index (χ2n) is 7.92. The minimum Gasteiger partial charge on any atom is -0.466 e. The fourth-order valence-electron chi connectivity index (χ4n) is 3.66. The minimum atomic E-state index is -1.06. The van der Waals surface area contributed by atoms with Crippen LogP contribution in [0.5, 0.6) is 0 Å². The Kier molecular flexibility index (Phi) is 7.39. The summed E-state index contributed by atoms with van der Waals surface area (Å²) in [4.78, 5) is 7.01. The number of morpholine rings is 1. The summed E-state index contributed by atoms with van der Waals surface area (Å²) in [6, 6.07) is 10.4. The number of nitrogens with zero attached hydrogens (tertiary/aromatic N) is 2. The molecule has 164 valence electrons. The van der Waals surface area contributed by atoms with Crippen LogP contribution in [0.4, 0.5) is 5.69 Å². The number of ether oxygens (including phenoxy) is 1. The summed E-state index contributed by atoms with van der Waals surface area (Å²) in [7, 11) is 0. The molecule has 7 nitrogen and oxygen atoms in total. The van der Waals surface area contributed by atoms with Gasteiger partial charge >= 0.3 is 0 Å². The van der Waals surface area contributed by atoms with Crippen molar-refractivity contribution in [3.63, 3.8) is 0 Å². The normalized spacial score (nSPS) is 17.0. The Morgan fingerprint density at radius 2 is 1.87 bits per heavy atom. The molecule has 7 heteroatoms. The number of furan rings is 1. The molecule has 0 radical (unpaired) electrons. The van der Waals surface area contributed by atoms with Gasteiger partial charge in [-0.1, -0.05) is 12.1 Å². The number of anilines is 1. The summed E-state index contributed by atoms with van der Waals surface area (Å²) in [6.45, 7) is 12.6. The van der Waals surface area contributed by atoms with Gasteiger partial charge < -0.3 is 29.8 Å². The molecule has 1 saturated heterocycles. The van der Waals surface area contributed by atoms with Gasteiger partial charge in [0.05, 0.1) is 26.3 Å². The molecule has 0 bridgehead atoms. The lowest BCUT2D eigenvalue weighted by Gasteiger charge is -2.28. The molecule has 1 aromatic heterocycles. The van der Waals surface area contributed by atoms with Crippen LogP contribution in [0.2, 0.25) is 0 Å². The molecular formula is C23H34N4O3. The Morgan fingerprint density at radius 1 is 1.17 bits per heavy atom. The van der Waals surface area contributed by atoms with Gasteiger partial charge in [0.25, 0.3) is 0 Å². The highest BCUT2D eigenvalue weighted by molar-refractivity contribution is 5.79. The highest BCUT2D eigenvalue weighted by atomic mass is 16.5. The summed E-state index contributed by atoms with van der Waals surface area (Å²) < 4.78 is 11.0. The number of aliphatic imine (C=N–C) groups is 1. The lowest BCUT2D eigenvalue weighted by Crippen LogP contribution is -2.44. The lowest BCUT2D eigenvalue weighted by atomic mass is 9.96. The molecule has 1 aliphatic rings. The predicted octanol–water partition coefficient (Wildman–Crippen LogP) is 2.70. The van der Waals surface area contributed by atoms with Crippen LogP contribution in [-0.2, 0) is 16.9 Å². The van der Waals surface area contributed by atoms with Crippen LogP contribution in [0.3, 0.4) is 0 Å². The first-order valence-corrected chi connectivity index (χ1v) is 10.6. The van der Waals surface area contributed by atoms with E-state index in [0.29, 0.717) is 19.0 Å². The zero-order valence-electron chi connectivity index (χ0n) is 18.5. The van der Waals surface area contributed by atoms with Crippen molar-refractivity contribution in [1.29, 1.82) is 0 Å². The largest absolute Gasteiger partial charge is 0.466 e. The van der Waals surface area contributed by atoms with Gasteiger partial charge in [0.1, 0.15) is 17.1 Å². The van der Waals surface area contributed by atoms with E-state index in [-0.39, 0.29) is 0 Å². The minimum absolute atomic E-state index is 0.328. The van der Waals surface area contributed by atoms with Crippen molar-refractivity contribution in [2.75, 3.05) is 44.3 Å². The fraction of sp³-hybridized carbons (Fsp3) is 0.522. The molecular weight excluding hydrogens is 380 g/mol. The molecule has 3 rings (SSSR count). The SMILES string of the molecule is CCNC(=NCc1ccc(N2CCOCC2)cc1)NCC(C)(O)c1cc(C)oc1C. The third kappa shape index (κ3) is 5.77. The third-order valence-corrected chi connectivity index (χ3v) is 5.30. The van der Waals surface area contributed by atoms with E-state index in [1.165, 1.54) is 5.69 Å². The van der Waals surface area contributed by atoms with Gasteiger partial charge in [0.15, 0.2) is 5.96 Å². The lowest BCUT2D eigenvalue weighted by molar-refractivity contribution is 0.0601. The number of guanidine groups is 1. The molecule has 1 aliphatic heterocycles. The zero-order chi connectivity index (χ0) is 21.6. The molecule has 1 aromatic carbocycles. The van der Waals surface area contributed by atoms with E-state index in [4.69, 9.17) is 9.15 Å². The van der Waals surface area contributed by atoms with Crippen molar-refractivity contribution in [2.45, 2.75) is 39.8 Å². The van der Waals surface area contributed by atoms with E-state index in [0.717, 1.165) is 55.5 Å². The number of aryl methyl sites for hydroxylation is 2. The molecule has 30 heavy (non-hydrogen) atoms. The van der Waals surface area contributed by atoms with E-state index in [1.807, 2.05) is 26.8 Å². The number of nitrogens with one attached hydrogen (secondary N) is 2. The first-order valence-electron chi connectivity index (χ1n) is 10.6. The molecule has 0 aliphatic carbocycles. The van der Waals surface area contributed by atoms with E-state index in [1.54, 1.807) is 6.92 Å². The number of hydrogen-bond acceptors (Lipinski definition) is 5. The van der Waals surface area contributed by atoms with E-state index in [2.05, 4.69) is 44.8 Å². The van der Waals surface area contributed by atoms with Crippen LogP contribution in [-0.4, -0.2) is 50.5 Å². The summed E-state index contributed by atoms with van der Waals surface area (Å²) in [6.07, 6.45) is 0. The first-order chi connectivity index (χ1) is 14.4. The first kappa shape index (κ1) is 22.2.